The molecule has 0 aliphatic carbocycles. The Morgan fingerprint density at radius 2 is 2.15 bits per heavy atom. The Kier molecular flexibility index (Phi) is 4.90. The first-order valence-electron chi connectivity index (χ1n) is 6.57. The van der Waals surface area contributed by atoms with Crippen molar-refractivity contribution in [1.29, 1.82) is 0 Å². The van der Waals surface area contributed by atoms with Crippen molar-refractivity contribution in [1.82, 2.24) is 15.1 Å². The second-order valence-electron chi connectivity index (χ2n) is 4.70. The fourth-order valence-electron chi connectivity index (χ4n) is 1.92. The lowest BCUT2D eigenvalue weighted by Crippen LogP contribution is -2.30. The van der Waals surface area contributed by atoms with E-state index in [4.69, 9.17) is 0 Å². The van der Waals surface area contributed by atoms with Gasteiger partial charge in [0.05, 0.1) is 19.2 Å². The lowest BCUT2D eigenvalue weighted by atomic mass is 10.1. The summed E-state index contributed by atoms with van der Waals surface area (Å²) in [6.45, 7) is 3.70. The van der Waals surface area contributed by atoms with E-state index < -0.39 is 0 Å². The van der Waals surface area contributed by atoms with E-state index in [1.165, 1.54) is 7.11 Å². The van der Waals surface area contributed by atoms with E-state index in [2.05, 4.69) is 22.1 Å². The lowest BCUT2D eigenvalue weighted by molar-refractivity contribution is 0.0600. The van der Waals surface area contributed by atoms with Crippen molar-refractivity contribution in [2.45, 2.75) is 26.1 Å². The second kappa shape index (κ2) is 6.86. The Bertz CT molecular complexity index is 535. The number of methoxy groups -OCH3 is 1. The van der Waals surface area contributed by atoms with Crippen LogP contribution in [0.5, 0.6) is 0 Å². The molecule has 1 aromatic carbocycles. The third-order valence-electron chi connectivity index (χ3n) is 3.05. The van der Waals surface area contributed by atoms with Crippen molar-refractivity contribution in [3.8, 4) is 0 Å². The molecule has 1 atom stereocenters. The van der Waals surface area contributed by atoms with Crippen LogP contribution in [0.15, 0.2) is 42.7 Å². The largest absolute Gasteiger partial charge is 0.465 e. The average Bonchev–Trinajstić information content (AvgIpc) is 2.97. The molecule has 1 aromatic heterocycles. The topological polar surface area (TPSA) is 56.1 Å². The van der Waals surface area contributed by atoms with Crippen molar-refractivity contribution in [3.05, 3.63) is 53.9 Å². The molecule has 5 nitrogen and oxygen atoms in total. The van der Waals surface area contributed by atoms with Gasteiger partial charge < -0.3 is 10.1 Å². The maximum atomic E-state index is 11.3. The van der Waals surface area contributed by atoms with E-state index in [1.807, 2.05) is 29.1 Å². The van der Waals surface area contributed by atoms with E-state index in [0.29, 0.717) is 11.6 Å². The van der Waals surface area contributed by atoms with Gasteiger partial charge in [-0.25, -0.2) is 4.79 Å². The Hall–Kier alpha value is -2.14. The minimum absolute atomic E-state index is 0.309. The van der Waals surface area contributed by atoms with E-state index >= 15 is 0 Å². The monoisotopic (exact) mass is 273 g/mol. The highest BCUT2D eigenvalue weighted by Gasteiger charge is 2.06. The first-order chi connectivity index (χ1) is 9.69. The molecule has 0 aliphatic rings. The van der Waals surface area contributed by atoms with Gasteiger partial charge in [-0.05, 0) is 30.7 Å². The number of carbonyl (C=O) groups is 1. The Morgan fingerprint density at radius 3 is 2.75 bits per heavy atom. The normalized spacial score (nSPS) is 12.1. The van der Waals surface area contributed by atoms with Crippen LogP contribution >= 0.6 is 0 Å². The summed E-state index contributed by atoms with van der Waals surface area (Å²) in [7, 11) is 1.38. The summed E-state index contributed by atoms with van der Waals surface area (Å²) >= 11 is 0. The van der Waals surface area contributed by atoms with E-state index in [1.54, 1.807) is 18.3 Å². The second-order valence-corrected chi connectivity index (χ2v) is 4.70. The number of hydrogen-bond acceptors (Lipinski definition) is 4. The van der Waals surface area contributed by atoms with Crippen molar-refractivity contribution in [3.63, 3.8) is 0 Å². The van der Waals surface area contributed by atoms with Gasteiger partial charge in [-0.3, -0.25) is 4.68 Å². The molecule has 1 unspecified atom stereocenters. The first-order valence-corrected chi connectivity index (χ1v) is 6.57. The Morgan fingerprint density at radius 1 is 1.40 bits per heavy atom. The number of nitrogens with one attached hydrogen (secondary N) is 1. The van der Waals surface area contributed by atoms with Gasteiger partial charge >= 0.3 is 5.97 Å². The third-order valence-corrected chi connectivity index (χ3v) is 3.05. The molecule has 0 aliphatic heterocycles. The SMILES string of the molecule is COC(=O)c1ccc(CNC(C)Cn2cccn2)cc1. The van der Waals surface area contributed by atoms with Crippen molar-refractivity contribution >= 4 is 5.97 Å². The van der Waals surface area contributed by atoms with Gasteiger partial charge in [0.1, 0.15) is 0 Å². The van der Waals surface area contributed by atoms with E-state index in [-0.39, 0.29) is 5.97 Å². The fourth-order valence-corrected chi connectivity index (χ4v) is 1.92. The highest BCUT2D eigenvalue weighted by Crippen LogP contribution is 2.06. The summed E-state index contributed by atoms with van der Waals surface area (Å²) < 4.78 is 6.57. The molecular weight excluding hydrogens is 254 g/mol. The number of rotatable bonds is 6. The molecule has 5 heteroatoms. The van der Waals surface area contributed by atoms with Crippen LogP contribution in [0, 0.1) is 0 Å². The molecule has 0 bridgehead atoms. The number of ether oxygens (including phenoxy) is 1. The molecule has 2 rings (SSSR count). The Balaban J connectivity index is 1.83. The summed E-state index contributed by atoms with van der Waals surface area (Å²) in [5, 5.41) is 7.60. The van der Waals surface area contributed by atoms with Gasteiger partial charge in [0, 0.05) is 25.0 Å². The number of carbonyl (C=O) groups excluding carboxylic acids is 1. The van der Waals surface area contributed by atoms with Crippen LogP contribution in [-0.2, 0) is 17.8 Å². The summed E-state index contributed by atoms with van der Waals surface area (Å²) in [4.78, 5) is 11.3. The Labute approximate surface area is 118 Å². The molecule has 2 aromatic rings. The molecule has 0 fully saturated rings. The van der Waals surface area contributed by atoms with Crippen LogP contribution in [0.4, 0.5) is 0 Å². The molecule has 106 valence electrons. The molecule has 1 N–H and O–H groups in total. The summed E-state index contributed by atoms with van der Waals surface area (Å²) in [5.74, 6) is -0.309. The van der Waals surface area contributed by atoms with Crippen LogP contribution in [0.1, 0.15) is 22.8 Å². The molecule has 0 amide bonds. The van der Waals surface area contributed by atoms with E-state index in [0.717, 1.165) is 18.7 Å². The number of nitrogens with zero attached hydrogens (tertiary/aromatic N) is 2. The molecule has 0 spiro atoms. The maximum absolute atomic E-state index is 11.3. The highest BCUT2D eigenvalue weighted by atomic mass is 16.5. The van der Waals surface area contributed by atoms with Crippen molar-refractivity contribution < 1.29 is 9.53 Å². The standard InChI is InChI=1S/C15H19N3O2/c1-12(11-18-9-3-8-17-18)16-10-13-4-6-14(7-5-13)15(19)20-2/h3-9,12,16H,10-11H2,1-2H3. The zero-order valence-corrected chi connectivity index (χ0v) is 11.7. The molecule has 1 heterocycles. The van der Waals surface area contributed by atoms with E-state index in [9.17, 15) is 4.79 Å². The van der Waals surface area contributed by atoms with Gasteiger partial charge in [0.2, 0.25) is 0 Å². The third kappa shape index (κ3) is 3.93. The van der Waals surface area contributed by atoms with Gasteiger partial charge in [-0.2, -0.15) is 5.10 Å². The van der Waals surface area contributed by atoms with Crippen LogP contribution in [0.2, 0.25) is 0 Å². The van der Waals surface area contributed by atoms with Gasteiger partial charge in [-0.1, -0.05) is 12.1 Å². The quantitative estimate of drug-likeness (QED) is 0.816. The minimum Gasteiger partial charge on any atom is -0.465 e. The summed E-state index contributed by atoms with van der Waals surface area (Å²) in [6, 6.07) is 9.65. The summed E-state index contributed by atoms with van der Waals surface area (Å²) in [5.41, 5.74) is 1.70. The zero-order chi connectivity index (χ0) is 14.4. The molecule has 20 heavy (non-hydrogen) atoms. The molecular formula is C15H19N3O2. The summed E-state index contributed by atoms with van der Waals surface area (Å²) in [6.07, 6.45) is 3.72. The average molecular weight is 273 g/mol. The van der Waals surface area contributed by atoms with Crippen LogP contribution in [-0.4, -0.2) is 28.9 Å². The van der Waals surface area contributed by atoms with Gasteiger partial charge in [0.15, 0.2) is 0 Å². The number of esters is 1. The molecule has 0 saturated heterocycles. The van der Waals surface area contributed by atoms with Crippen LogP contribution in [0.25, 0.3) is 0 Å². The van der Waals surface area contributed by atoms with Crippen molar-refractivity contribution in [2.24, 2.45) is 0 Å². The number of benzene rings is 1. The highest BCUT2D eigenvalue weighted by molar-refractivity contribution is 5.89. The predicted octanol–water partition coefficient (Wildman–Crippen LogP) is 1.85. The predicted molar refractivity (Wildman–Crippen MR) is 76.3 cm³/mol. The van der Waals surface area contributed by atoms with Crippen molar-refractivity contribution in [2.75, 3.05) is 7.11 Å². The van der Waals surface area contributed by atoms with Gasteiger partial charge in [-0.15, -0.1) is 0 Å². The van der Waals surface area contributed by atoms with Gasteiger partial charge in [0.25, 0.3) is 0 Å². The molecule has 0 radical (unpaired) electrons. The number of aromatic nitrogens is 2. The van der Waals surface area contributed by atoms with Crippen LogP contribution in [0.3, 0.4) is 0 Å². The smallest absolute Gasteiger partial charge is 0.337 e. The first kappa shape index (κ1) is 14.3. The lowest BCUT2D eigenvalue weighted by Gasteiger charge is -2.14. The fraction of sp³-hybridized carbons (Fsp3) is 0.333. The van der Waals surface area contributed by atoms with Crippen LogP contribution < -0.4 is 5.32 Å². The molecule has 0 saturated carbocycles. The number of hydrogen-bond donors (Lipinski definition) is 1. The maximum Gasteiger partial charge on any atom is 0.337 e. The zero-order valence-electron chi connectivity index (χ0n) is 11.7. The minimum atomic E-state index is -0.309.